The first-order chi connectivity index (χ1) is 10.4. The van der Waals surface area contributed by atoms with Gasteiger partial charge in [-0.05, 0) is 44.5 Å². The summed E-state index contributed by atoms with van der Waals surface area (Å²) in [5.74, 6) is -0.0582. The third kappa shape index (κ3) is 3.55. The second-order valence-electron chi connectivity index (χ2n) is 5.66. The molecule has 0 saturated heterocycles. The van der Waals surface area contributed by atoms with E-state index < -0.39 is 5.41 Å². The van der Waals surface area contributed by atoms with Gasteiger partial charge in [-0.2, -0.15) is 0 Å². The normalized spacial score (nSPS) is 11.0. The van der Waals surface area contributed by atoms with Crippen molar-refractivity contribution < 1.29 is 14.0 Å². The Labute approximate surface area is 129 Å². The Morgan fingerprint density at radius 1 is 1.09 bits per heavy atom. The van der Waals surface area contributed by atoms with Crippen molar-refractivity contribution in [3.63, 3.8) is 0 Å². The lowest BCUT2D eigenvalue weighted by Crippen LogP contribution is -2.44. The lowest BCUT2D eigenvalue weighted by Gasteiger charge is -2.23. The van der Waals surface area contributed by atoms with Crippen LogP contribution in [-0.2, 0) is 16.1 Å². The summed E-state index contributed by atoms with van der Waals surface area (Å²) >= 11 is 0. The predicted molar refractivity (Wildman–Crippen MR) is 84.1 cm³/mol. The van der Waals surface area contributed by atoms with E-state index in [0.29, 0.717) is 11.4 Å². The van der Waals surface area contributed by atoms with Crippen molar-refractivity contribution in [2.24, 2.45) is 5.41 Å². The van der Waals surface area contributed by atoms with Gasteiger partial charge in [0.1, 0.15) is 11.2 Å². The summed E-state index contributed by atoms with van der Waals surface area (Å²) in [4.78, 5) is 24.7. The summed E-state index contributed by atoms with van der Waals surface area (Å²) in [6.07, 6.45) is 1.54. The number of hydrogen-bond donors (Lipinski definition) is 2. The standard InChI is InChI=1S/C17H20N2O3/c1-12-7-4-5-9-14(12)19-16(21)17(2,3)15(20)18-11-13-8-6-10-22-13/h4-10H,11H2,1-3H3,(H,18,20)(H,19,21). The maximum absolute atomic E-state index is 12.4. The molecule has 2 aromatic rings. The molecule has 0 radical (unpaired) electrons. The topological polar surface area (TPSA) is 71.3 Å². The Hall–Kier alpha value is -2.56. The number of rotatable bonds is 5. The summed E-state index contributed by atoms with van der Waals surface area (Å²) in [6, 6.07) is 11.0. The molecule has 0 bridgehead atoms. The Morgan fingerprint density at radius 2 is 1.82 bits per heavy atom. The first-order valence-corrected chi connectivity index (χ1v) is 7.09. The molecule has 0 aliphatic carbocycles. The average Bonchev–Trinajstić information content (AvgIpc) is 3.00. The summed E-state index contributed by atoms with van der Waals surface area (Å²) in [5, 5.41) is 5.51. The van der Waals surface area contributed by atoms with Crippen molar-refractivity contribution in [1.29, 1.82) is 0 Å². The number of aryl methyl sites for hydroxylation is 1. The van der Waals surface area contributed by atoms with Gasteiger partial charge in [0.2, 0.25) is 11.8 Å². The minimum absolute atomic E-state index is 0.257. The molecule has 1 aromatic carbocycles. The highest BCUT2D eigenvalue weighted by atomic mass is 16.3. The number of furan rings is 1. The Morgan fingerprint density at radius 3 is 2.45 bits per heavy atom. The molecule has 0 saturated carbocycles. The van der Waals surface area contributed by atoms with Crippen molar-refractivity contribution in [1.82, 2.24) is 5.32 Å². The Kier molecular flexibility index (Phi) is 4.65. The van der Waals surface area contributed by atoms with Crippen LogP contribution in [0.2, 0.25) is 0 Å². The van der Waals surface area contributed by atoms with Gasteiger partial charge in [-0.25, -0.2) is 0 Å². The second kappa shape index (κ2) is 6.47. The maximum atomic E-state index is 12.4. The number of amides is 2. The lowest BCUT2D eigenvalue weighted by atomic mass is 9.90. The average molecular weight is 300 g/mol. The number of para-hydroxylation sites is 1. The highest BCUT2D eigenvalue weighted by molar-refractivity contribution is 6.10. The molecule has 0 unspecified atom stereocenters. The van der Waals surface area contributed by atoms with Gasteiger partial charge >= 0.3 is 0 Å². The minimum Gasteiger partial charge on any atom is -0.467 e. The second-order valence-corrected chi connectivity index (χ2v) is 5.66. The van der Waals surface area contributed by atoms with Crippen molar-refractivity contribution in [2.45, 2.75) is 27.3 Å². The van der Waals surface area contributed by atoms with Crippen molar-refractivity contribution >= 4 is 17.5 Å². The molecular weight excluding hydrogens is 280 g/mol. The molecule has 0 aliphatic rings. The largest absolute Gasteiger partial charge is 0.467 e. The number of anilines is 1. The molecule has 0 aliphatic heterocycles. The molecule has 0 fully saturated rings. The number of carbonyl (C=O) groups excluding carboxylic acids is 2. The van der Waals surface area contributed by atoms with Crippen LogP contribution >= 0.6 is 0 Å². The van der Waals surface area contributed by atoms with Gasteiger partial charge in [0.25, 0.3) is 0 Å². The zero-order valence-corrected chi connectivity index (χ0v) is 13.0. The van der Waals surface area contributed by atoms with E-state index in [1.165, 1.54) is 6.26 Å². The smallest absolute Gasteiger partial charge is 0.239 e. The molecule has 0 atom stereocenters. The van der Waals surface area contributed by atoms with E-state index in [1.54, 1.807) is 26.0 Å². The summed E-state index contributed by atoms with van der Waals surface area (Å²) in [6.45, 7) is 5.35. The van der Waals surface area contributed by atoms with E-state index in [9.17, 15) is 9.59 Å². The first-order valence-electron chi connectivity index (χ1n) is 7.09. The Bertz CT molecular complexity index is 660. The molecule has 116 valence electrons. The first kappa shape index (κ1) is 15.8. The summed E-state index contributed by atoms with van der Waals surface area (Å²) in [7, 11) is 0. The minimum atomic E-state index is -1.19. The fourth-order valence-electron chi connectivity index (χ4n) is 1.90. The molecule has 2 N–H and O–H groups in total. The van der Waals surface area contributed by atoms with Crippen molar-refractivity contribution in [3.8, 4) is 0 Å². The van der Waals surface area contributed by atoms with Crippen molar-refractivity contribution in [3.05, 3.63) is 54.0 Å². The zero-order chi connectivity index (χ0) is 16.2. The molecule has 2 rings (SSSR count). The quantitative estimate of drug-likeness (QED) is 0.834. The third-order valence-electron chi connectivity index (χ3n) is 3.53. The lowest BCUT2D eigenvalue weighted by molar-refractivity contribution is -0.138. The monoisotopic (exact) mass is 300 g/mol. The molecule has 1 aromatic heterocycles. The molecule has 5 nitrogen and oxygen atoms in total. The van der Waals surface area contributed by atoms with E-state index in [1.807, 2.05) is 31.2 Å². The number of hydrogen-bond acceptors (Lipinski definition) is 3. The fourth-order valence-corrected chi connectivity index (χ4v) is 1.90. The van der Waals surface area contributed by atoms with E-state index in [4.69, 9.17) is 4.42 Å². The number of nitrogens with one attached hydrogen (secondary N) is 2. The Balaban J connectivity index is 2.00. The van der Waals surface area contributed by atoms with Gasteiger partial charge in [0.15, 0.2) is 0 Å². The van der Waals surface area contributed by atoms with Crippen LogP contribution in [0.15, 0.2) is 47.1 Å². The SMILES string of the molecule is Cc1ccccc1NC(=O)C(C)(C)C(=O)NCc1ccco1. The van der Waals surface area contributed by atoms with Gasteiger partial charge < -0.3 is 15.1 Å². The van der Waals surface area contributed by atoms with E-state index in [-0.39, 0.29) is 18.4 Å². The van der Waals surface area contributed by atoms with E-state index in [2.05, 4.69) is 10.6 Å². The van der Waals surface area contributed by atoms with E-state index >= 15 is 0 Å². The highest BCUT2D eigenvalue weighted by Gasteiger charge is 2.36. The summed E-state index contributed by atoms with van der Waals surface area (Å²) < 4.78 is 5.15. The van der Waals surface area contributed by atoms with Crippen LogP contribution in [0.25, 0.3) is 0 Å². The van der Waals surface area contributed by atoms with Crippen LogP contribution in [0.4, 0.5) is 5.69 Å². The molecule has 2 amide bonds. The number of carbonyl (C=O) groups is 2. The van der Waals surface area contributed by atoms with E-state index in [0.717, 1.165) is 5.56 Å². The molecular formula is C17H20N2O3. The highest BCUT2D eigenvalue weighted by Crippen LogP contribution is 2.21. The van der Waals surface area contributed by atoms with Gasteiger partial charge in [0.05, 0.1) is 12.8 Å². The van der Waals surface area contributed by atoms with Crippen LogP contribution in [0.3, 0.4) is 0 Å². The zero-order valence-electron chi connectivity index (χ0n) is 13.0. The molecule has 1 heterocycles. The van der Waals surface area contributed by atoms with Crippen LogP contribution in [0.5, 0.6) is 0 Å². The predicted octanol–water partition coefficient (Wildman–Crippen LogP) is 2.87. The van der Waals surface area contributed by atoms with Gasteiger partial charge in [-0.15, -0.1) is 0 Å². The van der Waals surface area contributed by atoms with Crippen LogP contribution in [-0.4, -0.2) is 11.8 Å². The molecule has 0 spiro atoms. The van der Waals surface area contributed by atoms with Crippen molar-refractivity contribution in [2.75, 3.05) is 5.32 Å². The molecule has 22 heavy (non-hydrogen) atoms. The van der Waals surface area contributed by atoms with Crippen LogP contribution < -0.4 is 10.6 Å². The number of benzene rings is 1. The van der Waals surface area contributed by atoms with Gasteiger partial charge in [-0.3, -0.25) is 9.59 Å². The maximum Gasteiger partial charge on any atom is 0.239 e. The van der Waals surface area contributed by atoms with Crippen LogP contribution in [0, 0.1) is 12.3 Å². The summed E-state index contributed by atoms with van der Waals surface area (Å²) in [5.41, 5.74) is 0.469. The molecule has 5 heteroatoms. The van der Waals surface area contributed by atoms with Gasteiger partial charge in [-0.1, -0.05) is 18.2 Å². The third-order valence-corrected chi connectivity index (χ3v) is 3.53. The fraction of sp³-hybridized carbons (Fsp3) is 0.294. The van der Waals surface area contributed by atoms with Crippen LogP contribution in [0.1, 0.15) is 25.2 Å². The van der Waals surface area contributed by atoms with Gasteiger partial charge in [0, 0.05) is 5.69 Å².